The highest BCUT2D eigenvalue weighted by Gasteiger charge is 2.23. The largest absolute Gasteiger partial charge is 0.508 e. The van der Waals surface area contributed by atoms with Gasteiger partial charge in [0, 0.05) is 11.5 Å². The van der Waals surface area contributed by atoms with Crippen molar-refractivity contribution in [2.75, 3.05) is 0 Å². The van der Waals surface area contributed by atoms with E-state index < -0.39 is 16.2 Å². The zero-order valence-corrected chi connectivity index (χ0v) is 11.4. The Morgan fingerprint density at radius 3 is 2.42 bits per heavy atom. The smallest absolute Gasteiger partial charge is 0.218 e. The molecule has 0 aromatic heterocycles. The van der Waals surface area contributed by atoms with E-state index in [-0.39, 0.29) is 16.4 Å². The maximum absolute atomic E-state index is 11.2. The Hall–Kier alpha value is -2.01. The molecule has 4 nitrogen and oxygen atoms in total. The van der Waals surface area contributed by atoms with Crippen molar-refractivity contribution in [3.63, 3.8) is 0 Å². The summed E-state index contributed by atoms with van der Waals surface area (Å²) in [5.41, 5.74) is 1.52. The second-order valence-corrected chi connectivity index (χ2v) is 5.38. The van der Waals surface area contributed by atoms with Crippen LogP contribution in [0.15, 0.2) is 30.4 Å². The van der Waals surface area contributed by atoms with Gasteiger partial charge in [-0.05, 0) is 37.1 Å². The molecule has 0 saturated heterocycles. The first-order valence-electron chi connectivity index (χ1n) is 5.76. The lowest BCUT2D eigenvalue weighted by atomic mass is 9.89. The number of hydrogen-bond acceptors (Lipinski definition) is 4. The second-order valence-electron chi connectivity index (χ2n) is 4.44. The van der Waals surface area contributed by atoms with Gasteiger partial charge in [0.2, 0.25) is 10.3 Å². The minimum Gasteiger partial charge on any atom is -0.508 e. The van der Waals surface area contributed by atoms with Gasteiger partial charge in [0.25, 0.3) is 0 Å². The van der Waals surface area contributed by atoms with Crippen molar-refractivity contribution in [3.8, 4) is 11.5 Å². The van der Waals surface area contributed by atoms with Crippen LogP contribution in [0.3, 0.4) is 0 Å². The van der Waals surface area contributed by atoms with Gasteiger partial charge in [0.1, 0.15) is 11.5 Å². The number of phenols is 2. The van der Waals surface area contributed by atoms with Gasteiger partial charge in [-0.15, -0.1) is 0 Å². The van der Waals surface area contributed by atoms with E-state index in [1.54, 1.807) is 32.1 Å². The summed E-state index contributed by atoms with van der Waals surface area (Å²) in [6.07, 6.45) is 6.50. The average molecular weight is 278 g/mol. The predicted octanol–water partition coefficient (Wildman–Crippen LogP) is 1.98. The van der Waals surface area contributed by atoms with Crippen LogP contribution in [0.5, 0.6) is 11.5 Å². The number of phenolic OH excluding ortho intramolecular Hbond substituents is 2. The fourth-order valence-electron chi connectivity index (χ4n) is 2.09. The summed E-state index contributed by atoms with van der Waals surface area (Å²) in [4.78, 5) is 0.167. The van der Waals surface area contributed by atoms with E-state index in [4.69, 9.17) is 0 Å². The predicted molar refractivity (Wildman–Crippen MR) is 74.2 cm³/mol. The molecule has 0 amide bonds. The van der Waals surface area contributed by atoms with Crippen LogP contribution < -0.4 is 0 Å². The molecule has 2 rings (SSSR count). The van der Waals surface area contributed by atoms with E-state index in [1.807, 2.05) is 0 Å². The summed E-state index contributed by atoms with van der Waals surface area (Å²) in [6.45, 7) is 3.38. The lowest BCUT2D eigenvalue weighted by Crippen LogP contribution is -2.12. The molecule has 0 saturated carbocycles. The van der Waals surface area contributed by atoms with E-state index in [0.717, 1.165) is 0 Å². The highest BCUT2D eigenvalue weighted by Crippen LogP contribution is 2.37. The van der Waals surface area contributed by atoms with Gasteiger partial charge in [-0.1, -0.05) is 18.2 Å². The first-order valence-corrected chi connectivity index (χ1v) is 6.84. The van der Waals surface area contributed by atoms with E-state index in [1.165, 1.54) is 12.1 Å². The Labute approximate surface area is 112 Å². The van der Waals surface area contributed by atoms with E-state index in [2.05, 4.69) is 0 Å². The van der Waals surface area contributed by atoms with Crippen molar-refractivity contribution >= 4 is 15.2 Å². The summed E-state index contributed by atoms with van der Waals surface area (Å²) in [7, 11) is -2.37. The van der Waals surface area contributed by atoms with Crippen LogP contribution in [-0.2, 0) is 10.3 Å². The minimum absolute atomic E-state index is 0.0169. The molecule has 2 N–H and O–H groups in total. The van der Waals surface area contributed by atoms with Crippen molar-refractivity contribution < 1.29 is 18.6 Å². The third-order valence-corrected chi connectivity index (χ3v) is 4.15. The van der Waals surface area contributed by atoms with Crippen molar-refractivity contribution in [1.29, 1.82) is 0 Å². The molecule has 0 aliphatic heterocycles. The highest BCUT2D eigenvalue weighted by atomic mass is 32.2. The molecule has 0 bridgehead atoms. The van der Waals surface area contributed by atoms with Gasteiger partial charge in [-0.2, -0.15) is 8.42 Å². The van der Waals surface area contributed by atoms with Crippen LogP contribution in [0.25, 0.3) is 0 Å². The number of aromatic hydroxyl groups is 2. The van der Waals surface area contributed by atoms with E-state index in [9.17, 15) is 18.6 Å². The molecule has 5 heteroatoms. The Balaban J connectivity index is 2.70. The molecule has 0 fully saturated rings. The highest BCUT2D eigenvalue weighted by molar-refractivity contribution is 7.73. The Kier molecular flexibility index (Phi) is 3.48. The SMILES string of the molecule is Cc1c(O)cc(C2C=CC=CC2=S(=O)=O)c(O)c1C. The molecule has 0 spiro atoms. The third-order valence-electron chi connectivity index (χ3n) is 3.38. The molecular weight excluding hydrogens is 264 g/mol. The Morgan fingerprint density at radius 1 is 1.11 bits per heavy atom. The molecule has 1 aromatic rings. The zero-order valence-electron chi connectivity index (χ0n) is 10.6. The molecule has 0 radical (unpaired) electrons. The summed E-state index contributed by atoms with van der Waals surface area (Å²) in [6, 6.07) is 1.42. The molecule has 1 aliphatic rings. The van der Waals surface area contributed by atoms with Crippen molar-refractivity contribution in [2.24, 2.45) is 0 Å². The normalized spacial score (nSPS) is 17.8. The lowest BCUT2D eigenvalue weighted by molar-refractivity contribution is 0.447. The van der Waals surface area contributed by atoms with Crippen molar-refractivity contribution in [3.05, 3.63) is 47.1 Å². The van der Waals surface area contributed by atoms with E-state index >= 15 is 0 Å². The molecule has 100 valence electrons. The maximum Gasteiger partial charge on any atom is 0.218 e. The van der Waals surface area contributed by atoms with Crippen LogP contribution in [0.4, 0.5) is 0 Å². The minimum atomic E-state index is -2.37. The monoisotopic (exact) mass is 278 g/mol. The van der Waals surface area contributed by atoms with Gasteiger partial charge >= 0.3 is 0 Å². The summed E-state index contributed by atoms with van der Waals surface area (Å²) in [5, 5.41) is 20.0. The van der Waals surface area contributed by atoms with Crippen LogP contribution in [0.1, 0.15) is 22.6 Å². The molecule has 1 unspecified atom stereocenters. The standard InChI is InChI=1S/C14H14O4S/c1-8-9(2)14(16)11(7-12(8)15)10-5-3-4-6-13(10)19(17)18/h3-7,10,15-16H,1-2H3. The zero-order chi connectivity index (χ0) is 14.2. The number of rotatable bonds is 1. The van der Waals surface area contributed by atoms with Gasteiger partial charge in [-0.3, -0.25) is 0 Å². The Bertz CT molecular complexity index is 716. The first kappa shape index (κ1) is 13.4. The van der Waals surface area contributed by atoms with E-state index in [0.29, 0.717) is 16.7 Å². The summed E-state index contributed by atoms with van der Waals surface area (Å²) >= 11 is 0. The average Bonchev–Trinajstić information content (AvgIpc) is 2.40. The fourth-order valence-corrected chi connectivity index (χ4v) is 2.69. The molecule has 19 heavy (non-hydrogen) atoms. The molecule has 0 heterocycles. The lowest BCUT2D eigenvalue weighted by Gasteiger charge is -2.18. The van der Waals surface area contributed by atoms with Crippen molar-refractivity contribution in [1.82, 2.24) is 0 Å². The molecule has 1 atom stereocenters. The van der Waals surface area contributed by atoms with Gasteiger partial charge in [0.15, 0.2) is 0 Å². The summed E-state index contributed by atoms with van der Waals surface area (Å²) < 4.78 is 22.4. The third kappa shape index (κ3) is 2.29. The number of benzene rings is 1. The number of allylic oxidation sites excluding steroid dienone is 4. The van der Waals surface area contributed by atoms with Gasteiger partial charge < -0.3 is 10.2 Å². The molecule has 1 aromatic carbocycles. The Morgan fingerprint density at radius 2 is 1.79 bits per heavy atom. The van der Waals surface area contributed by atoms with Crippen LogP contribution in [0.2, 0.25) is 0 Å². The van der Waals surface area contributed by atoms with Crippen LogP contribution >= 0.6 is 0 Å². The molecule has 1 aliphatic carbocycles. The van der Waals surface area contributed by atoms with Crippen LogP contribution in [-0.4, -0.2) is 23.5 Å². The first-order chi connectivity index (χ1) is 8.93. The summed E-state index contributed by atoms with van der Waals surface area (Å²) in [5.74, 6) is -0.513. The van der Waals surface area contributed by atoms with Gasteiger partial charge in [-0.25, -0.2) is 0 Å². The topological polar surface area (TPSA) is 74.6 Å². The second kappa shape index (κ2) is 4.93. The fraction of sp³-hybridized carbons (Fsp3) is 0.214. The number of hydrogen-bond donors (Lipinski definition) is 2. The van der Waals surface area contributed by atoms with Crippen molar-refractivity contribution in [2.45, 2.75) is 19.8 Å². The van der Waals surface area contributed by atoms with Crippen LogP contribution in [0, 0.1) is 13.8 Å². The quantitative estimate of drug-likeness (QED) is 0.608. The van der Waals surface area contributed by atoms with Gasteiger partial charge in [0.05, 0.1) is 4.86 Å². The molecular formula is C14H14O4S. The maximum atomic E-state index is 11.2.